The van der Waals surface area contributed by atoms with Gasteiger partial charge in [0, 0.05) is 38.4 Å². The van der Waals surface area contributed by atoms with Gasteiger partial charge in [0.05, 0.1) is 24.3 Å². The number of rotatable bonds is 3. The molecular formula is C17H19N7O. The second-order valence-corrected chi connectivity index (χ2v) is 6.11. The molecular weight excluding hydrogens is 318 g/mol. The summed E-state index contributed by atoms with van der Waals surface area (Å²) in [5, 5.41) is 7.45. The maximum Gasteiger partial charge on any atom is 0.274 e. The van der Waals surface area contributed by atoms with Gasteiger partial charge in [-0.1, -0.05) is 0 Å². The monoisotopic (exact) mass is 337 g/mol. The number of nitrogens with zero attached hydrogens (tertiary/aromatic N) is 6. The van der Waals surface area contributed by atoms with Crippen LogP contribution in [0.15, 0.2) is 37.1 Å². The Morgan fingerprint density at radius 2 is 2.24 bits per heavy atom. The van der Waals surface area contributed by atoms with E-state index in [1.54, 1.807) is 18.6 Å². The molecule has 0 spiro atoms. The average Bonchev–Trinajstić information content (AvgIpc) is 3.16. The number of carbonyl (C=O) groups is 1. The standard InChI is InChI=1S/C17H19N7O/c1-18-16-15-4-5-21-24(15)11-14(22-16)12-3-2-8-23(10-12)17(25)13-9-19-6-7-20-13/h4-7,9,11-12H,2-3,8,10H2,1H3,(H,18,22)/t12-/m0/s1. The molecule has 1 fully saturated rings. The van der Waals surface area contributed by atoms with E-state index < -0.39 is 0 Å². The number of anilines is 1. The van der Waals surface area contributed by atoms with Crippen molar-refractivity contribution in [3.05, 3.63) is 48.4 Å². The molecule has 4 heterocycles. The van der Waals surface area contributed by atoms with Crippen molar-refractivity contribution in [3.8, 4) is 0 Å². The van der Waals surface area contributed by atoms with E-state index in [1.807, 2.05) is 28.7 Å². The van der Waals surface area contributed by atoms with E-state index in [4.69, 9.17) is 4.98 Å². The number of fused-ring (bicyclic) bond motifs is 1. The Balaban J connectivity index is 1.60. The lowest BCUT2D eigenvalue weighted by molar-refractivity contribution is 0.0699. The van der Waals surface area contributed by atoms with Gasteiger partial charge in [0.2, 0.25) is 0 Å². The number of amides is 1. The third-order valence-electron chi connectivity index (χ3n) is 4.55. The number of likely N-dealkylation sites (tertiary alicyclic amines) is 1. The van der Waals surface area contributed by atoms with E-state index in [0.717, 1.165) is 36.4 Å². The van der Waals surface area contributed by atoms with Crippen LogP contribution in [0.4, 0.5) is 5.82 Å². The van der Waals surface area contributed by atoms with E-state index in [-0.39, 0.29) is 11.8 Å². The summed E-state index contributed by atoms with van der Waals surface area (Å²) in [4.78, 5) is 27.3. The van der Waals surface area contributed by atoms with Crippen LogP contribution in [-0.2, 0) is 0 Å². The van der Waals surface area contributed by atoms with Crippen LogP contribution in [0.3, 0.4) is 0 Å². The summed E-state index contributed by atoms with van der Waals surface area (Å²) in [6.07, 6.45) is 10.3. The first-order valence-electron chi connectivity index (χ1n) is 8.33. The zero-order valence-electron chi connectivity index (χ0n) is 14.0. The Labute approximate surface area is 144 Å². The van der Waals surface area contributed by atoms with Crippen molar-refractivity contribution in [1.82, 2.24) is 29.5 Å². The van der Waals surface area contributed by atoms with Crippen LogP contribution in [0, 0.1) is 0 Å². The first-order chi connectivity index (χ1) is 12.3. The lowest BCUT2D eigenvalue weighted by Gasteiger charge is -2.32. The molecule has 1 N–H and O–H groups in total. The molecule has 4 rings (SSSR count). The minimum Gasteiger partial charge on any atom is -0.371 e. The Morgan fingerprint density at radius 1 is 1.32 bits per heavy atom. The largest absolute Gasteiger partial charge is 0.371 e. The normalized spacial score (nSPS) is 17.6. The van der Waals surface area contributed by atoms with Crippen molar-refractivity contribution in [2.75, 3.05) is 25.5 Å². The van der Waals surface area contributed by atoms with Gasteiger partial charge in [-0.25, -0.2) is 14.5 Å². The number of piperidine rings is 1. The van der Waals surface area contributed by atoms with Crippen LogP contribution in [0.25, 0.3) is 5.52 Å². The van der Waals surface area contributed by atoms with Gasteiger partial charge in [0.15, 0.2) is 5.82 Å². The van der Waals surface area contributed by atoms with E-state index in [9.17, 15) is 4.79 Å². The highest BCUT2D eigenvalue weighted by molar-refractivity contribution is 5.92. The minimum atomic E-state index is -0.0770. The lowest BCUT2D eigenvalue weighted by atomic mass is 9.94. The molecule has 0 aromatic carbocycles. The highest BCUT2D eigenvalue weighted by atomic mass is 16.2. The zero-order valence-corrected chi connectivity index (χ0v) is 14.0. The zero-order chi connectivity index (χ0) is 17.2. The summed E-state index contributed by atoms with van der Waals surface area (Å²) in [6.45, 7) is 1.35. The number of carbonyl (C=O) groups excluding carboxylic acids is 1. The Morgan fingerprint density at radius 3 is 3.04 bits per heavy atom. The second-order valence-electron chi connectivity index (χ2n) is 6.11. The van der Waals surface area contributed by atoms with Gasteiger partial charge in [-0.2, -0.15) is 5.10 Å². The molecule has 1 amide bonds. The SMILES string of the molecule is CNc1nc([C@H]2CCCN(C(=O)c3cnccn3)C2)cn2nccc12. The van der Waals surface area contributed by atoms with Gasteiger partial charge in [-0.05, 0) is 18.9 Å². The number of nitrogens with one attached hydrogen (secondary N) is 1. The molecule has 1 saturated heterocycles. The molecule has 8 heteroatoms. The van der Waals surface area contributed by atoms with Crippen molar-refractivity contribution in [2.45, 2.75) is 18.8 Å². The van der Waals surface area contributed by atoms with E-state index in [0.29, 0.717) is 12.2 Å². The maximum atomic E-state index is 12.6. The fraction of sp³-hybridized carbons (Fsp3) is 0.353. The lowest BCUT2D eigenvalue weighted by Crippen LogP contribution is -2.39. The van der Waals surface area contributed by atoms with E-state index in [1.165, 1.54) is 6.20 Å². The molecule has 25 heavy (non-hydrogen) atoms. The predicted molar refractivity (Wildman–Crippen MR) is 92.4 cm³/mol. The second kappa shape index (κ2) is 6.46. The number of hydrogen-bond donors (Lipinski definition) is 1. The maximum absolute atomic E-state index is 12.6. The summed E-state index contributed by atoms with van der Waals surface area (Å²) in [7, 11) is 1.85. The smallest absolute Gasteiger partial charge is 0.274 e. The molecule has 0 radical (unpaired) electrons. The molecule has 3 aromatic rings. The molecule has 0 unspecified atom stereocenters. The van der Waals surface area contributed by atoms with Crippen molar-refractivity contribution < 1.29 is 4.79 Å². The third-order valence-corrected chi connectivity index (χ3v) is 4.55. The van der Waals surface area contributed by atoms with Crippen molar-refractivity contribution >= 4 is 17.2 Å². The molecule has 8 nitrogen and oxygen atoms in total. The predicted octanol–water partition coefficient (Wildman–Crippen LogP) is 1.58. The summed E-state index contributed by atoms with van der Waals surface area (Å²) < 4.78 is 1.83. The quantitative estimate of drug-likeness (QED) is 0.781. The summed E-state index contributed by atoms with van der Waals surface area (Å²) in [6, 6.07) is 1.92. The highest BCUT2D eigenvalue weighted by Gasteiger charge is 2.27. The third kappa shape index (κ3) is 2.90. The van der Waals surface area contributed by atoms with Gasteiger partial charge in [0.25, 0.3) is 5.91 Å². The Bertz CT molecular complexity index is 892. The molecule has 1 atom stereocenters. The van der Waals surface area contributed by atoms with Crippen LogP contribution in [0.1, 0.15) is 34.9 Å². The highest BCUT2D eigenvalue weighted by Crippen LogP contribution is 2.28. The van der Waals surface area contributed by atoms with Crippen molar-refractivity contribution in [2.24, 2.45) is 0 Å². The summed E-state index contributed by atoms with van der Waals surface area (Å²) in [5.74, 6) is 0.897. The average molecular weight is 337 g/mol. The fourth-order valence-corrected chi connectivity index (χ4v) is 3.30. The number of hydrogen-bond acceptors (Lipinski definition) is 6. The number of aromatic nitrogens is 5. The van der Waals surface area contributed by atoms with Crippen LogP contribution in [0.2, 0.25) is 0 Å². The van der Waals surface area contributed by atoms with E-state index in [2.05, 4.69) is 20.4 Å². The Hall–Kier alpha value is -3.03. The van der Waals surface area contributed by atoms with Crippen molar-refractivity contribution in [3.63, 3.8) is 0 Å². The first-order valence-corrected chi connectivity index (χ1v) is 8.33. The van der Waals surface area contributed by atoms with Gasteiger partial charge in [-0.15, -0.1) is 0 Å². The molecule has 1 aliphatic rings. The summed E-state index contributed by atoms with van der Waals surface area (Å²) in [5.41, 5.74) is 2.27. The van der Waals surface area contributed by atoms with Gasteiger partial charge >= 0.3 is 0 Å². The van der Waals surface area contributed by atoms with Crippen LogP contribution >= 0.6 is 0 Å². The minimum absolute atomic E-state index is 0.0770. The molecule has 128 valence electrons. The van der Waals surface area contributed by atoms with Gasteiger partial charge < -0.3 is 10.2 Å². The van der Waals surface area contributed by atoms with E-state index >= 15 is 0 Å². The molecule has 0 bridgehead atoms. The topological polar surface area (TPSA) is 88.3 Å². The van der Waals surface area contributed by atoms with Crippen LogP contribution in [0.5, 0.6) is 0 Å². The Kier molecular flexibility index (Phi) is 4.01. The molecule has 3 aromatic heterocycles. The summed E-state index contributed by atoms with van der Waals surface area (Å²) >= 11 is 0. The fourth-order valence-electron chi connectivity index (χ4n) is 3.30. The molecule has 0 aliphatic carbocycles. The first kappa shape index (κ1) is 15.5. The molecule has 1 aliphatic heterocycles. The van der Waals surface area contributed by atoms with Gasteiger partial charge in [-0.3, -0.25) is 9.78 Å². The van der Waals surface area contributed by atoms with Crippen molar-refractivity contribution in [1.29, 1.82) is 0 Å². The molecule has 0 saturated carbocycles. The van der Waals surface area contributed by atoms with Gasteiger partial charge in [0.1, 0.15) is 11.2 Å². The van der Waals surface area contributed by atoms with Crippen LogP contribution < -0.4 is 5.32 Å². The van der Waals surface area contributed by atoms with Crippen LogP contribution in [-0.4, -0.2) is 55.5 Å².